The summed E-state index contributed by atoms with van der Waals surface area (Å²) in [6.45, 7) is 0. The summed E-state index contributed by atoms with van der Waals surface area (Å²) in [6.07, 6.45) is 3.65. The molecule has 0 saturated carbocycles. The van der Waals surface area contributed by atoms with Gasteiger partial charge in [0.15, 0.2) is 17.5 Å². The van der Waals surface area contributed by atoms with Crippen LogP contribution in [-0.2, 0) is 0 Å². The van der Waals surface area contributed by atoms with Gasteiger partial charge in [-0.2, -0.15) is 0 Å². The van der Waals surface area contributed by atoms with Crippen molar-refractivity contribution in [3.63, 3.8) is 0 Å². The third-order valence-electron chi connectivity index (χ3n) is 10.9. The van der Waals surface area contributed by atoms with Gasteiger partial charge in [0.2, 0.25) is 0 Å². The Hall–Kier alpha value is -7.48. The molecule has 5 heterocycles. The minimum absolute atomic E-state index is 0.510. The van der Waals surface area contributed by atoms with E-state index in [2.05, 4.69) is 108 Å². The lowest BCUT2D eigenvalue weighted by atomic mass is 9.94. The molecule has 0 radical (unpaired) electrons. The highest BCUT2D eigenvalue weighted by molar-refractivity contribution is 7.25. The van der Waals surface area contributed by atoms with Crippen LogP contribution in [0.2, 0.25) is 0 Å². The normalized spacial score (nSPS) is 11.9. The van der Waals surface area contributed by atoms with E-state index in [1.807, 2.05) is 72.1 Å². The first-order valence-electron chi connectivity index (χ1n) is 18.8. The summed E-state index contributed by atoms with van der Waals surface area (Å²) in [7, 11) is 0. The summed E-state index contributed by atoms with van der Waals surface area (Å²) in [4.78, 5) is 20.1. The van der Waals surface area contributed by atoms with Crippen LogP contribution in [0.4, 0.5) is 0 Å². The Labute approximate surface area is 329 Å². The molecule has 6 nitrogen and oxygen atoms in total. The van der Waals surface area contributed by atoms with Crippen LogP contribution in [0.5, 0.6) is 0 Å². The van der Waals surface area contributed by atoms with Crippen molar-refractivity contribution in [1.82, 2.24) is 19.9 Å². The van der Waals surface area contributed by atoms with Crippen molar-refractivity contribution in [1.29, 1.82) is 0 Å². The summed E-state index contributed by atoms with van der Waals surface area (Å²) in [6, 6.07) is 54.2. The Bertz CT molecular complexity index is 3550. The lowest BCUT2D eigenvalue weighted by Gasteiger charge is -2.13. The molecule has 7 heteroatoms. The number of thiophene rings is 1. The fourth-order valence-corrected chi connectivity index (χ4v) is 9.42. The van der Waals surface area contributed by atoms with Gasteiger partial charge >= 0.3 is 0 Å². The Morgan fingerprint density at radius 2 is 1.04 bits per heavy atom. The monoisotopic (exact) mass is 748 g/mol. The van der Waals surface area contributed by atoms with Crippen LogP contribution in [0.25, 0.3) is 120 Å². The Morgan fingerprint density at radius 1 is 0.386 bits per heavy atom. The molecule has 0 aliphatic carbocycles. The quantitative estimate of drug-likeness (QED) is 0.174. The molecule has 0 amide bonds. The number of nitrogens with zero attached hydrogens (tertiary/aromatic N) is 4. The van der Waals surface area contributed by atoms with Gasteiger partial charge < -0.3 is 8.83 Å². The van der Waals surface area contributed by atoms with Crippen LogP contribution in [0.15, 0.2) is 179 Å². The topological polar surface area (TPSA) is 77.8 Å². The number of hydrogen-bond acceptors (Lipinski definition) is 7. The zero-order valence-electron chi connectivity index (χ0n) is 30.2. The molecule has 0 aliphatic heterocycles. The van der Waals surface area contributed by atoms with E-state index in [1.54, 1.807) is 6.20 Å². The molecule has 0 N–H and O–H groups in total. The number of pyridine rings is 1. The minimum atomic E-state index is 0.510. The molecule has 266 valence electrons. The first-order valence-corrected chi connectivity index (χ1v) is 19.6. The molecule has 57 heavy (non-hydrogen) atoms. The fourth-order valence-electron chi connectivity index (χ4n) is 8.29. The van der Waals surface area contributed by atoms with Gasteiger partial charge in [-0.25, -0.2) is 15.0 Å². The molecule has 12 rings (SSSR count). The van der Waals surface area contributed by atoms with Gasteiger partial charge in [-0.05, 0) is 65.2 Å². The predicted molar refractivity (Wildman–Crippen MR) is 232 cm³/mol. The summed E-state index contributed by atoms with van der Waals surface area (Å²) >= 11 is 1.82. The van der Waals surface area contributed by atoms with E-state index in [-0.39, 0.29) is 0 Å². The Balaban J connectivity index is 1.13. The highest BCUT2D eigenvalue weighted by Gasteiger charge is 2.23. The van der Waals surface area contributed by atoms with Crippen molar-refractivity contribution in [2.24, 2.45) is 0 Å². The van der Waals surface area contributed by atoms with Crippen LogP contribution >= 0.6 is 11.3 Å². The number of rotatable bonds is 5. The van der Waals surface area contributed by atoms with Crippen molar-refractivity contribution >= 4 is 75.4 Å². The highest BCUT2D eigenvalue weighted by Crippen LogP contribution is 2.46. The van der Waals surface area contributed by atoms with Crippen molar-refractivity contribution in [2.45, 2.75) is 0 Å². The number of aromatic nitrogens is 4. The fraction of sp³-hybridized carbons (Fsp3) is 0. The van der Waals surface area contributed by atoms with Crippen LogP contribution in [0, 0.1) is 0 Å². The lowest BCUT2D eigenvalue weighted by Crippen LogP contribution is -2.01. The third-order valence-corrected chi connectivity index (χ3v) is 12.0. The van der Waals surface area contributed by atoms with Crippen molar-refractivity contribution in [3.8, 4) is 56.4 Å². The van der Waals surface area contributed by atoms with Crippen LogP contribution in [-0.4, -0.2) is 19.9 Å². The van der Waals surface area contributed by atoms with E-state index in [1.165, 1.54) is 20.2 Å². The molecular formula is C50H28N4O2S. The standard InChI is InChI=1S/C50H28N4O2S/c1-2-14-36(31(12-1)30-11-10-26-51-28-30)49-52-48(29-22-23-33-32-13-3-6-18-40(32)55-42(33)27-29)53-50(54-49)39-25-24-35(46-37-15-4-7-19-41(37)56-47(39)46)34-17-9-21-44-45(34)38-16-5-8-20-43(38)57-44/h1-28H. The SMILES string of the molecule is c1cncc(-c2ccccc2-c2nc(-c3ccc4c(c3)oc3ccccc34)nc(-c3ccc(-c4cccc5sc6ccccc6c45)c4c3oc3ccccc34)n2)c1. The molecular weight excluding hydrogens is 721 g/mol. The second-order valence-electron chi connectivity index (χ2n) is 14.1. The maximum absolute atomic E-state index is 6.84. The van der Waals surface area contributed by atoms with Crippen LogP contribution in [0.3, 0.4) is 0 Å². The number of fused-ring (bicyclic) bond motifs is 9. The second kappa shape index (κ2) is 12.5. The molecule has 5 aromatic heterocycles. The molecule has 0 spiro atoms. The zero-order chi connectivity index (χ0) is 37.5. The Kier molecular flexibility index (Phi) is 7.00. The van der Waals surface area contributed by atoms with Crippen molar-refractivity contribution in [2.75, 3.05) is 0 Å². The van der Waals surface area contributed by atoms with Gasteiger partial charge in [-0.3, -0.25) is 4.98 Å². The largest absolute Gasteiger partial charge is 0.456 e. The molecule has 12 aromatic rings. The molecule has 0 atom stereocenters. The van der Waals surface area contributed by atoms with Crippen molar-refractivity contribution in [3.05, 3.63) is 170 Å². The van der Waals surface area contributed by atoms with Gasteiger partial charge in [0.25, 0.3) is 0 Å². The zero-order valence-corrected chi connectivity index (χ0v) is 31.0. The maximum atomic E-state index is 6.84. The Morgan fingerprint density at radius 3 is 1.89 bits per heavy atom. The predicted octanol–water partition coefficient (Wildman–Crippen LogP) is 13.8. The van der Waals surface area contributed by atoms with Gasteiger partial charge in [0.05, 0.1) is 5.56 Å². The molecule has 0 aliphatic rings. The lowest BCUT2D eigenvalue weighted by molar-refractivity contribution is 0.668. The van der Waals surface area contributed by atoms with E-state index in [4.69, 9.17) is 23.8 Å². The van der Waals surface area contributed by atoms with E-state index >= 15 is 0 Å². The molecule has 0 fully saturated rings. The molecule has 0 saturated heterocycles. The summed E-state index contributed by atoms with van der Waals surface area (Å²) in [5, 5.41) is 6.66. The van der Waals surface area contributed by atoms with E-state index < -0.39 is 0 Å². The first kappa shape index (κ1) is 31.8. The average molecular weight is 749 g/mol. The molecule has 7 aromatic carbocycles. The van der Waals surface area contributed by atoms with Gasteiger partial charge in [-0.15, -0.1) is 11.3 Å². The van der Waals surface area contributed by atoms with E-state index in [0.717, 1.165) is 82.8 Å². The van der Waals surface area contributed by atoms with Crippen LogP contribution in [0.1, 0.15) is 0 Å². The summed E-state index contributed by atoms with van der Waals surface area (Å²) < 4.78 is 15.7. The van der Waals surface area contributed by atoms with Crippen molar-refractivity contribution < 1.29 is 8.83 Å². The first-order chi connectivity index (χ1) is 28.2. The molecule has 0 unspecified atom stereocenters. The third kappa shape index (κ3) is 5.03. The maximum Gasteiger partial charge on any atom is 0.167 e. The van der Waals surface area contributed by atoms with Crippen LogP contribution < -0.4 is 0 Å². The summed E-state index contributed by atoms with van der Waals surface area (Å²) in [5.41, 5.74) is 9.80. The number of para-hydroxylation sites is 2. The second-order valence-corrected chi connectivity index (χ2v) is 15.2. The molecule has 0 bridgehead atoms. The van der Waals surface area contributed by atoms with Gasteiger partial charge in [0.1, 0.15) is 22.3 Å². The van der Waals surface area contributed by atoms with E-state index in [9.17, 15) is 0 Å². The highest BCUT2D eigenvalue weighted by atomic mass is 32.1. The van der Waals surface area contributed by atoms with Gasteiger partial charge in [0, 0.05) is 70.8 Å². The van der Waals surface area contributed by atoms with E-state index in [0.29, 0.717) is 17.5 Å². The number of hydrogen-bond donors (Lipinski definition) is 0. The smallest absolute Gasteiger partial charge is 0.167 e. The summed E-state index contributed by atoms with van der Waals surface area (Å²) in [5.74, 6) is 1.58. The number of benzene rings is 7. The number of furan rings is 2. The minimum Gasteiger partial charge on any atom is -0.456 e. The van der Waals surface area contributed by atoms with Gasteiger partial charge in [-0.1, -0.05) is 109 Å². The average Bonchev–Trinajstić information content (AvgIpc) is 3.98.